The van der Waals surface area contributed by atoms with E-state index in [-0.39, 0.29) is 6.10 Å². The maximum Gasteiger partial charge on any atom is 0.0570 e. The minimum atomic E-state index is -0.0428. The molecule has 2 aliphatic heterocycles. The number of nitrogens with zero attached hydrogens (tertiary/aromatic N) is 1. The Bertz CT molecular complexity index is 362. The molecule has 3 rings (SSSR count). The molecule has 2 unspecified atom stereocenters. The molecule has 2 aliphatic rings. The van der Waals surface area contributed by atoms with Gasteiger partial charge in [0.05, 0.1) is 6.10 Å². The zero-order valence-corrected chi connectivity index (χ0v) is 10.5. The summed E-state index contributed by atoms with van der Waals surface area (Å²) in [7, 11) is 0. The maximum atomic E-state index is 9.75. The molecule has 0 aliphatic carbocycles. The average molecular weight is 237 g/mol. The Morgan fingerprint density at radius 3 is 2.56 bits per heavy atom. The molecule has 2 atom stereocenters. The Labute approximate surface area is 101 Å². The van der Waals surface area contributed by atoms with Gasteiger partial charge in [-0.25, -0.2) is 0 Å². The van der Waals surface area contributed by atoms with Gasteiger partial charge in [-0.15, -0.1) is 11.3 Å². The summed E-state index contributed by atoms with van der Waals surface area (Å²) in [5, 5.41) is 9.75. The third-order valence-corrected chi connectivity index (χ3v) is 4.98. The Hall–Kier alpha value is -0.380. The number of hydrogen-bond donors (Lipinski definition) is 1. The summed E-state index contributed by atoms with van der Waals surface area (Å²) in [4.78, 5) is 5.50. The third kappa shape index (κ3) is 1.92. The fraction of sp³-hybridized carbons (Fsp3) is 0.692. The number of aryl methyl sites for hydroxylation is 1. The molecule has 0 aromatic carbocycles. The van der Waals surface area contributed by atoms with Crippen LogP contribution in [0.1, 0.15) is 35.4 Å². The summed E-state index contributed by atoms with van der Waals surface area (Å²) in [6.07, 6.45) is 4.50. The minimum Gasteiger partial charge on any atom is -0.393 e. The highest BCUT2D eigenvalue weighted by atomic mass is 32.1. The molecule has 0 spiro atoms. The molecule has 1 aromatic heterocycles. The molecule has 3 heterocycles. The number of thiophene rings is 1. The van der Waals surface area contributed by atoms with Crippen molar-refractivity contribution in [2.45, 2.75) is 57.3 Å². The van der Waals surface area contributed by atoms with Gasteiger partial charge in [0.15, 0.2) is 0 Å². The smallest absolute Gasteiger partial charge is 0.0570 e. The van der Waals surface area contributed by atoms with E-state index in [0.717, 1.165) is 19.4 Å². The van der Waals surface area contributed by atoms with Gasteiger partial charge in [0.1, 0.15) is 0 Å². The predicted molar refractivity (Wildman–Crippen MR) is 66.6 cm³/mol. The van der Waals surface area contributed by atoms with Gasteiger partial charge in [-0.1, -0.05) is 0 Å². The first kappa shape index (κ1) is 10.8. The highest BCUT2D eigenvalue weighted by Crippen LogP contribution is 2.37. The molecule has 2 saturated heterocycles. The van der Waals surface area contributed by atoms with Gasteiger partial charge < -0.3 is 5.11 Å². The van der Waals surface area contributed by atoms with Gasteiger partial charge in [0.2, 0.25) is 0 Å². The number of aliphatic hydroxyl groups is 1. The van der Waals surface area contributed by atoms with Crippen molar-refractivity contribution in [3.63, 3.8) is 0 Å². The zero-order chi connectivity index (χ0) is 11.1. The van der Waals surface area contributed by atoms with E-state index < -0.39 is 0 Å². The van der Waals surface area contributed by atoms with Crippen molar-refractivity contribution in [2.75, 3.05) is 0 Å². The SMILES string of the molecule is Cc1ccc(CN2C3CCC2CC(O)C3)s1. The number of fused-ring (bicyclic) bond motifs is 2. The largest absolute Gasteiger partial charge is 0.393 e. The Balaban J connectivity index is 1.72. The minimum absolute atomic E-state index is 0.0428. The second kappa shape index (κ2) is 4.13. The lowest BCUT2D eigenvalue weighted by Crippen LogP contribution is -2.43. The molecule has 3 heteroatoms. The van der Waals surface area contributed by atoms with Gasteiger partial charge in [0.25, 0.3) is 0 Å². The second-order valence-electron chi connectivity index (χ2n) is 5.19. The van der Waals surface area contributed by atoms with Crippen molar-refractivity contribution >= 4 is 11.3 Å². The topological polar surface area (TPSA) is 23.5 Å². The summed E-state index contributed by atoms with van der Waals surface area (Å²) < 4.78 is 0. The Morgan fingerprint density at radius 1 is 1.31 bits per heavy atom. The van der Waals surface area contributed by atoms with Crippen LogP contribution in [0.25, 0.3) is 0 Å². The van der Waals surface area contributed by atoms with Crippen molar-refractivity contribution in [1.29, 1.82) is 0 Å². The van der Waals surface area contributed by atoms with E-state index in [9.17, 15) is 5.11 Å². The van der Waals surface area contributed by atoms with Crippen LogP contribution in [0.2, 0.25) is 0 Å². The standard InChI is InChI=1S/C13H19NOS/c1-9-2-5-13(16-9)8-14-10-3-4-11(14)7-12(15)6-10/h2,5,10-12,15H,3-4,6-8H2,1H3. The molecule has 88 valence electrons. The Morgan fingerprint density at radius 2 is 2.00 bits per heavy atom. The van der Waals surface area contributed by atoms with Crippen LogP contribution in [0.3, 0.4) is 0 Å². The first-order valence-corrected chi connectivity index (χ1v) is 7.03. The van der Waals surface area contributed by atoms with Crippen molar-refractivity contribution in [3.05, 3.63) is 21.9 Å². The van der Waals surface area contributed by atoms with E-state index in [0.29, 0.717) is 12.1 Å². The Kier molecular flexibility index (Phi) is 2.78. The van der Waals surface area contributed by atoms with Crippen LogP contribution in [0, 0.1) is 6.92 Å². The second-order valence-corrected chi connectivity index (χ2v) is 6.57. The monoisotopic (exact) mass is 237 g/mol. The number of rotatable bonds is 2. The van der Waals surface area contributed by atoms with Crippen molar-refractivity contribution < 1.29 is 5.11 Å². The molecule has 2 fully saturated rings. The van der Waals surface area contributed by atoms with E-state index in [4.69, 9.17) is 0 Å². The molecule has 0 amide bonds. The van der Waals surface area contributed by atoms with Gasteiger partial charge in [-0.3, -0.25) is 4.90 Å². The van der Waals surface area contributed by atoms with Gasteiger partial charge in [-0.2, -0.15) is 0 Å². The summed E-state index contributed by atoms with van der Waals surface area (Å²) in [6, 6.07) is 5.73. The van der Waals surface area contributed by atoms with Crippen molar-refractivity contribution in [1.82, 2.24) is 4.90 Å². The van der Waals surface area contributed by atoms with E-state index >= 15 is 0 Å². The molecule has 1 N–H and O–H groups in total. The van der Waals surface area contributed by atoms with Gasteiger partial charge >= 0.3 is 0 Å². The predicted octanol–water partition coefficient (Wildman–Crippen LogP) is 2.54. The fourth-order valence-electron chi connectivity index (χ4n) is 3.25. The lowest BCUT2D eigenvalue weighted by molar-refractivity contribution is 0.0316. The molecular weight excluding hydrogens is 218 g/mol. The fourth-order valence-corrected chi connectivity index (χ4v) is 4.15. The molecule has 1 aromatic rings. The van der Waals surface area contributed by atoms with Crippen molar-refractivity contribution in [3.8, 4) is 0 Å². The molecule has 2 bridgehead atoms. The summed E-state index contributed by atoms with van der Waals surface area (Å²) >= 11 is 1.91. The van der Waals surface area contributed by atoms with Crippen LogP contribution in [-0.2, 0) is 6.54 Å². The van der Waals surface area contributed by atoms with Crippen LogP contribution in [0.15, 0.2) is 12.1 Å². The zero-order valence-electron chi connectivity index (χ0n) is 9.72. The first-order chi connectivity index (χ1) is 7.72. The number of aliphatic hydroxyl groups excluding tert-OH is 1. The molecule has 16 heavy (non-hydrogen) atoms. The molecule has 0 saturated carbocycles. The van der Waals surface area contributed by atoms with E-state index in [1.807, 2.05) is 11.3 Å². The van der Waals surface area contributed by atoms with E-state index in [1.165, 1.54) is 22.6 Å². The van der Waals surface area contributed by atoms with Crippen molar-refractivity contribution in [2.24, 2.45) is 0 Å². The summed E-state index contributed by atoms with van der Waals surface area (Å²) in [5.41, 5.74) is 0. The highest BCUT2D eigenvalue weighted by Gasteiger charge is 2.39. The summed E-state index contributed by atoms with van der Waals surface area (Å²) in [5.74, 6) is 0. The van der Waals surface area contributed by atoms with Crippen LogP contribution in [-0.4, -0.2) is 28.2 Å². The third-order valence-electron chi connectivity index (χ3n) is 3.99. The van der Waals surface area contributed by atoms with Crippen LogP contribution >= 0.6 is 11.3 Å². The summed E-state index contributed by atoms with van der Waals surface area (Å²) in [6.45, 7) is 3.27. The first-order valence-electron chi connectivity index (χ1n) is 6.21. The highest BCUT2D eigenvalue weighted by molar-refractivity contribution is 7.11. The molecule has 0 radical (unpaired) electrons. The lowest BCUT2D eigenvalue weighted by atomic mass is 10.00. The number of piperidine rings is 1. The molecular formula is C13H19NOS. The van der Waals surface area contributed by atoms with Gasteiger partial charge in [0, 0.05) is 28.4 Å². The van der Waals surface area contributed by atoms with Crippen LogP contribution in [0.4, 0.5) is 0 Å². The lowest BCUT2D eigenvalue weighted by Gasteiger charge is -2.36. The molecule has 2 nitrogen and oxygen atoms in total. The van der Waals surface area contributed by atoms with E-state index in [2.05, 4.69) is 24.0 Å². The van der Waals surface area contributed by atoms with E-state index in [1.54, 1.807) is 0 Å². The van der Waals surface area contributed by atoms with Crippen LogP contribution in [0.5, 0.6) is 0 Å². The normalized spacial score (nSPS) is 34.5. The average Bonchev–Trinajstić information content (AvgIpc) is 2.72. The van der Waals surface area contributed by atoms with Gasteiger partial charge in [-0.05, 0) is 44.7 Å². The maximum absolute atomic E-state index is 9.75. The number of hydrogen-bond acceptors (Lipinski definition) is 3. The quantitative estimate of drug-likeness (QED) is 0.854. The van der Waals surface area contributed by atoms with Crippen LogP contribution < -0.4 is 0 Å².